The van der Waals surface area contributed by atoms with Gasteiger partial charge in [0.15, 0.2) is 0 Å². The Morgan fingerprint density at radius 2 is 1.50 bits per heavy atom. The molecule has 0 bridgehead atoms. The van der Waals surface area contributed by atoms with Gasteiger partial charge in [-0.1, -0.05) is 0 Å². The maximum absolute atomic E-state index is 1.96. The fourth-order valence-corrected chi connectivity index (χ4v) is 5.11. The maximum atomic E-state index is 1.96. The second kappa shape index (κ2) is 3.33. The van der Waals surface area contributed by atoms with Crippen LogP contribution >= 0.6 is 0 Å². The van der Waals surface area contributed by atoms with Gasteiger partial charge in [-0.15, -0.1) is 0 Å². The Morgan fingerprint density at radius 1 is 1.00 bits per heavy atom. The Morgan fingerprint density at radius 3 is 1.75 bits per heavy atom. The van der Waals surface area contributed by atoms with Crippen molar-refractivity contribution in [2.45, 2.75) is 35.1 Å². The van der Waals surface area contributed by atoms with Crippen LogP contribution in [0.3, 0.4) is 0 Å². The van der Waals surface area contributed by atoms with Crippen LogP contribution < -0.4 is 0 Å². The summed E-state index contributed by atoms with van der Waals surface area (Å²) in [5, 5.41) is 0. The van der Waals surface area contributed by atoms with Crippen molar-refractivity contribution in [1.82, 2.24) is 0 Å². The molecular formula is C6H14As2. The van der Waals surface area contributed by atoms with Crippen molar-refractivity contribution in [1.29, 1.82) is 0 Å². The van der Waals surface area contributed by atoms with E-state index in [1.165, 1.54) is 25.7 Å². The molecule has 1 rings (SSSR count). The quantitative estimate of drug-likeness (QED) is 0.534. The summed E-state index contributed by atoms with van der Waals surface area (Å²) in [6.45, 7) is 0. The van der Waals surface area contributed by atoms with Crippen LogP contribution in [-0.4, -0.2) is 33.7 Å². The van der Waals surface area contributed by atoms with E-state index in [0.29, 0.717) is 0 Å². The molecule has 4 atom stereocenters. The standard InChI is InChI=1S/C6H14As2/c7-5-2-1-3-6(8)4-5/h5-6H,1-4,7-8H2. The second-order valence-electron chi connectivity index (χ2n) is 2.69. The molecule has 1 fully saturated rings. The first-order valence-electron chi connectivity index (χ1n) is 3.30. The van der Waals surface area contributed by atoms with Crippen LogP contribution in [0.2, 0.25) is 9.41 Å². The molecule has 0 nitrogen and oxygen atoms in total. The van der Waals surface area contributed by atoms with Crippen molar-refractivity contribution in [2.75, 3.05) is 0 Å². The van der Waals surface area contributed by atoms with Crippen molar-refractivity contribution in [3.63, 3.8) is 0 Å². The van der Waals surface area contributed by atoms with Crippen molar-refractivity contribution < 1.29 is 0 Å². The molecule has 1 aliphatic rings. The first-order chi connectivity index (χ1) is 3.79. The Bertz CT molecular complexity index is 64.9. The first kappa shape index (κ1) is 7.23. The van der Waals surface area contributed by atoms with E-state index in [4.69, 9.17) is 0 Å². The summed E-state index contributed by atoms with van der Waals surface area (Å²) in [7, 11) is 0. The summed E-state index contributed by atoms with van der Waals surface area (Å²) in [6, 6.07) is 0. The molecule has 0 saturated heterocycles. The topological polar surface area (TPSA) is 0 Å². The zero-order chi connectivity index (χ0) is 5.98. The summed E-state index contributed by atoms with van der Waals surface area (Å²) in [6.07, 6.45) is 6.06. The van der Waals surface area contributed by atoms with Crippen LogP contribution in [0.15, 0.2) is 0 Å². The normalized spacial score (nSPS) is 39.8. The molecule has 0 spiro atoms. The van der Waals surface area contributed by atoms with E-state index in [1.54, 1.807) is 0 Å². The van der Waals surface area contributed by atoms with E-state index in [9.17, 15) is 0 Å². The molecule has 48 valence electrons. The predicted molar refractivity (Wildman–Crippen MR) is 43.1 cm³/mol. The molecule has 0 aromatic carbocycles. The first-order valence-corrected chi connectivity index (χ1v) is 6.10. The van der Waals surface area contributed by atoms with Crippen molar-refractivity contribution in [2.24, 2.45) is 0 Å². The van der Waals surface area contributed by atoms with Gasteiger partial charge in [-0.3, -0.25) is 0 Å². The average Bonchev–Trinajstić information content (AvgIpc) is 1.64. The molecule has 0 aromatic rings. The Hall–Kier alpha value is 1.12. The van der Waals surface area contributed by atoms with Gasteiger partial charge in [-0.25, -0.2) is 0 Å². The van der Waals surface area contributed by atoms with Gasteiger partial charge in [0.1, 0.15) is 0 Å². The van der Waals surface area contributed by atoms with Crippen LogP contribution in [0.4, 0.5) is 0 Å². The molecule has 4 unspecified atom stereocenters. The van der Waals surface area contributed by atoms with Gasteiger partial charge in [0, 0.05) is 0 Å². The fourth-order valence-electron chi connectivity index (χ4n) is 1.27. The monoisotopic (exact) mass is 236 g/mol. The molecule has 0 aliphatic heterocycles. The molecule has 1 saturated carbocycles. The number of hydrogen-bond donors (Lipinski definition) is 0. The predicted octanol–water partition coefficient (Wildman–Crippen LogP) is 0.404. The fraction of sp³-hybridized carbons (Fsp3) is 1.00. The van der Waals surface area contributed by atoms with E-state index in [1.807, 2.05) is 33.7 Å². The van der Waals surface area contributed by atoms with Gasteiger partial charge in [0.05, 0.1) is 0 Å². The summed E-state index contributed by atoms with van der Waals surface area (Å²) >= 11 is 3.92. The van der Waals surface area contributed by atoms with Crippen molar-refractivity contribution in [3.8, 4) is 0 Å². The third-order valence-electron chi connectivity index (χ3n) is 1.76. The van der Waals surface area contributed by atoms with Crippen LogP contribution in [0.25, 0.3) is 0 Å². The van der Waals surface area contributed by atoms with Crippen LogP contribution in [0.5, 0.6) is 0 Å². The van der Waals surface area contributed by atoms with Crippen LogP contribution in [0, 0.1) is 0 Å². The summed E-state index contributed by atoms with van der Waals surface area (Å²) in [4.78, 5) is 0. The van der Waals surface area contributed by atoms with Gasteiger partial charge < -0.3 is 0 Å². The second-order valence-corrected chi connectivity index (χ2v) is 6.64. The van der Waals surface area contributed by atoms with Gasteiger partial charge >= 0.3 is 68.8 Å². The molecule has 1 aliphatic carbocycles. The third kappa shape index (κ3) is 2.15. The average molecular weight is 236 g/mol. The van der Waals surface area contributed by atoms with Gasteiger partial charge in [0.2, 0.25) is 0 Å². The summed E-state index contributed by atoms with van der Waals surface area (Å²) in [5.41, 5.74) is 0. The molecule has 8 heavy (non-hydrogen) atoms. The number of hydrogen-bond acceptors (Lipinski definition) is 0. The molecule has 2 heteroatoms. The van der Waals surface area contributed by atoms with Gasteiger partial charge in [-0.2, -0.15) is 0 Å². The van der Waals surface area contributed by atoms with Crippen LogP contribution in [0.1, 0.15) is 25.7 Å². The SMILES string of the molecule is [AsH2]C1CCCC([AsH2])C1. The molecule has 0 aromatic heterocycles. The van der Waals surface area contributed by atoms with E-state index in [2.05, 4.69) is 0 Å². The van der Waals surface area contributed by atoms with E-state index in [0.717, 1.165) is 9.41 Å². The van der Waals surface area contributed by atoms with Gasteiger partial charge in [0.25, 0.3) is 0 Å². The Labute approximate surface area is 68.8 Å². The Balaban J connectivity index is 2.23. The summed E-state index contributed by atoms with van der Waals surface area (Å²) in [5.74, 6) is 0. The third-order valence-corrected chi connectivity index (χ3v) is 4.30. The van der Waals surface area contributed by atoms with E-state index < -0.39 is 0 Å². The zero-order valence-electron chi connectivity index (χ0n) is 5.14. The molecule has 0 heterocycles. The molecule has 0 amide bonds. The summed E-state index contributed by atoms with van der Waals surface area (Å²) < 4.78 is 2.18. The number of rotatable bonds is 0. The molecule has 0 N–H and O–H groups in total. The van der Waals surface area contributed by atoms with Gasteiger partial charge in [-0.05, 0) is 0 Å². The minimum absolute atomic E-state index is 1.09. The molecule has 0 radical (unpaired) electrons. The van der Waals surface area contributed by atoms with E-state index >= 15 is 0 Å². The zero-order valence-corrected chi connectivity index (χ0v) is 9.98. The van der Waals surface area contributed by atoms with Crippen LogP contribution in [-0.2, 0) is 0 Å². The van der Waals surface area contributed by atoms with Crippen molar-refractivity contribution >= 4 is 33.7 Å². The van der Waals surface area contributed by atoms with Crippen molar-refractivity contribution in [3.05, 3.63) is 0 Å². The molecular weight excluding hydrogens is 222 g/mol. The van der Waals surface area contributed by atoms with E-state index in [-0.39, 0.29) is 0 Å². The Kier molecular flexibility index (Phi) is 3.01. The minimum atomic E-state index is 1.09.